The molecule has 4 aliphatic rings. The number of ether oxygens (including phenoxy) is 1. The van der Waals surface area contributed by atoms with Crippen molar-refractivity contribution in [1.82, 2.24) is 10.3 Å². The van der Waals surface area contributed by atoms with E-state index in [-0.39, 0.29) is 11.7 Å². The van der Waals surface area contributed by atoms with Crippen LogP contribution in [0.5, 0.6) is 5.75 Å². The van der Waals surface area contributed by atoms with Gasteiger partial charge in [-0.3, -0.25) is 4.79 Å². The number of halogens is 1. The van der Waals surface area contributed by atoms with Crippen LogP contribution in [0.3, 0.4) is 0 Å². The van der Waals surface area contributed by atoms with Crippen molar-refractivity contribution < 1.29 is 13.9 Å². The molecule has 0 radical (unpaired) electrons. The van der Waals surface area contributed by atoms with Gasteiger partial charge in [0.1, 0.15) is 23.2 Å². The lowest BCUT2D eigenvalue weighted by Crippen LogP contribution is -2.56. The van der Waals surface area contributed by atoms with E-state index in [9.17, 15) is 9.18 Å². The van der Waals surface area contributed by atoms with E-state index < -0.39 is 0 Å². The third-order valence-electron chi connectivity index (χ3n) is 6.67. The van der Waals surface area contributed by atoms with Crippen molar-refractivity contribution in [3.63, 3.8) is 0 Å². The van der Waals surface area contributed by atoms with Gasteiger partial charge >= 0.3 is 0 Å². The van der Waals surface area contributed by atoms with Gasteiger partial charge in [0.2, 0.25) is 5.91 Å². The van der Waals surface area contributed by atoms with E-state index >= 15 is 0 Å². The summed E-state index contributed by atoms with van der Waals surface area (Å²) in [5.41, 5.74) is 0.795. The summed E-state index contributed by atoms with van der Waals surface area (Å²) in [4.78, 5) is 17.1. The molecule has 148 valence electrons. The molecule has 0 saturated heterocycles. The normalized spacial score (nSPS) is 30.4. The Morgan fingerprint density at radius 2 is 1.79 bits per heavy atom. The molecule has 1 N–H and O–H groups in total. The van der Waals surface area contributed by atoms with Gasteiger partial charge in [-0.2, -0.15) is 0 Å². The van der Waals surface area contributed by atoms with Crippen LogP contribution in [0.1, 0.15) is 42.8 Å². The molecule has 1 heterocycles. The van der Waals surface area contributed by atoms with Crippen molar-refractivity contribution in [3.05, 3.63) is 46.2 Å². The monoisotopic (exact) mass is 400 g/mol. The molecule has 28 heavy (non-hydrogen) atoms. The molecule has 2 aromatic rings. The van der Waals surface area contributed by atoms with Gasteiger partial charge in [-0.1, -0.05) is 0 Å². The van der Waals surface area contributed by atoms with E-state index in [1.807, 2.05) is 5.38 Å². The minimum Gasteiger partial charge on any atom is -0.486 e. The highest BCUT2D eigenvalue weighted by Gasteiger charge is 2.48. The Morgan fingerprint density at radius 3 is 2.46 bits per heavy atom. The van der Waals surface area contributed by atoms with Crippen LogP contribution in [0, 0.1) is 29.5 Å². The summed E-state index contributed by atoms with van der Waals surface area (Å²) in [6.45, 7) is 0.327. The van der Waals surface area contributed by atoms with Crippen molar-refractivity contribution >= 4 is 17.2 Å². The average Bonchev–Trinajstić information content (AvgIpc) is 3.11. The SMILES string of the molecule is O=C(Cc1csc(COc2ccc(F)cc2)n1)NC1C2CC3CC(C2)CC1C3. The fourth-order valence-corrected chi connectivity index (χ4v) is 6.44. The van der Waals surface area contributed by atoms with Crippen molar-refractivity contribution in [2.24, 2.45) is 23.7 Å². The lowest BCUT2D eigenvalue weighted by molar-refractivity contribution is -0.124. The number of carbonyl (C=O) groups is 1. The van der Waals surface area contributed by atoms with Gasteiger partial charge < -0.3 is 10.1 Å². The molecule has 1 amide bonds. The molecule has 4 aliphatic carbocycles. The number of benzene rings is 1. The smallest absolute Gasteiger partial charge is 0.226 e. The zero-order valence-electron chi connectivity index (χ0n) is 15.8. The van der Waals surface area contributed by atoms with Crippen LogP contribution in [0.4, 0.5) is 4.39 Å². The zero-order chi connectivity index (χ0) is 19.1. The maximum absolute atomic E-state index is 12.9. The first-order valence-electron chi connectivity index (χ1n) is 10.2. The summed E-state index contributed by atoms with van der Waals surface area (Å²) in [6, 6.07) is 6.32. The van der Waals surface area contributed by atoms with Gasteiger partial charge in [0.05, 0.1) is 12.1 Å². The van der Waals surface area contributed by atoms with E-state index in [1.54, 1.807) is 12.1 Å². The molecular formula is C22H25FN2O2S. The number of rotatable bonds is 6. The summed E-state index contributed by atoms with van der Waals surface area (Å²) >= 11 is 1.49. The van der Waals surface area contributed by atoms with Crippen LogP contribution < -0.4 is 10.1 Å². The third-order valence-corrected chi connectivity index (χ3v) is 7.54. The lowest BCUT2D eigenvalue weighted by Gasteiger charge is -2.54. The Bertz CT molecular complexity index is 822. The summed E-state index contributed by atoms with van der Waals surface area (Å²) in [5.74, 6) is 3.63. The number of hydrogen-bond donors (Lipinski definition) is 1. The second-order valence-corrected chi connectivity index (χ2v) is 9.62. The van der Waals surface area contributed by atoms with Crippen molar-refractivity contribution in [3.8, 4) is 5.75 Å². The summed E-state index contributed by atoms with van der Waals surface area (Å²) in [7, 11) is 0. The second kappa shape index (κ2) is 7.47. The molecule has 4 nitrogen and oxygen atoms in total. The Morgan fingerprint density at radius 1 is 1.11 bits per heavy atom. The first-order valence-corrected chi connectivity index (χ1v) is 11.1. The Kier molecular flexibility index (Phi) is 4.83. The highest BCUT2D eigenvalue weighted by atomic mass is 32.1. The molecule has 0 aliphatic heterocycles. The van der Waals surface area contributed by atoms with Crippen LogP contribution in [-0.2, 0) is 17.8 Å². The van der Waals surface area contributed by atoms with Crippen LogP contribution >= 0.6 is 11.3 Å². The summed E-state index contributed by atoms with van der Waals surface area (Å²) in [6.07, 6.45) is 6.98. The van der Waals surface area contributed by atoms with Gasteiger partial charge in [0, 0.05) is 11.4 Å². The third kappa shape index (κ3) is 3.79. The van der Waals surface area contributed by atoms with E-state index in [0.717, 1.165) is 22.5 Å². The van der Waals surface area contributed by atoms with Gasteiger partial charge in [-0.15, -0.1) is 11.3 Å². The van der Waals surface area contributed by atoms with Crippen LogP contribution in [0.25, 0.3) is 0 Å². The van der Waals surface area contributed by atoms with Crippen LogP contribution in [0.15, 0.2) is 29.6 Å². The molecule has 4 bridgehead atoms. The second-order valence-electron chi connectivity index (χ2n) is 8.68. The minimum absolute atomic E-state index is 0.0915. The minimum atomic E-state index is -0.283. The van der Waals surface area contributed by atoms with Gasteiger partial charge in [0.25, 0.3) is 0 Å². The summed E-state index contributed by atoms with van der Waals surface area (Å²) in [5, 5.41) is 6.09. The fraction of sp³-hybridized carbons (Fsp3) is 0.545. The molecule has 4 fully saturated rings. The van der Waals surface area contributed by atoms with Crippen LogP contribution in [-0.4, -0.2) is 16.9 Å². The average molecular weight is 401 g/mol. The van der Waals surface area contributed by atoms with E-state index in [4.69, 9.17) is 4.74 Å². The molecule has 0 atom stereocenters. The summed E-state index contributed by atoms with van der Waals surface area (Å²) < 4.78 is 18.6. The van der Waals surface area contributed by atoms with Gasteiger partial charge in [0.15, 0.2) is 0 Å². The Balaban J connectivity index is 1.14. The molecule has 4 saturated carbocycles. The zero-order valence-corrected chi connectivity index (χ0v) is 16.6. The Hall–Kier alpha value is -1.95. The van der Waals surface area contributed by atoms with Gasteiger partial charge in [-0.05, 0) is 80.0 Å². The number of nitrogens with one attached hydrogen (secondary N) is 1. The lowest BCUT2D eigenvalue weighted by atomic mass is 9.54. The number of amides is 1. The molecule has 6 heteroatoms. The standard InChI is InChI=1S/C22H25FN2O2S/c23-17-1-3-19(4-2-17)27-11-21-24-18(12-28-21)10-20(26)25-22-15-6-13-5-14(8-15)9-16(22)7-13/h1-4,12-16,22H,5-11H2,(H,25,26). The predicted octanol–water partition coefficient (Wildman–Crippen LogP) is 4.34. The van der Waals surface area contributed by atoms with Crippen molar-refractivity contribution in [1.29, 1.82) is 0 Å². The van der Waals surface area contributed by atoms with Crippen molar-refractivity contribution in [2.75, 3.05) is 0 Å². The van der Waals surface area contributed by atoms with E-state index in [1.165, 1.54) is 55.6 Å². The predicted molar refractivity (Wildman–Crippen MR) is 106 cm³/mol. The van der Waals surface area contributed by atoms with Crippen LogP contribution in [0.2, 0.25) is 0 Å². The number of nitrogens with zero attached hydrogens (tertiary/aromatic N) is 1. The van der Waals surface area contributed by atoms with Crippen molar-refractivity contribution in [2.45, 2.75) is 51.2 Å². The first kappa shape index (κ1) is 18.1. The Labute approximate surface area is 168 Å². The van der Waals surface area contributed by atoms with Gasteiger partial charge in [-0.25, -0.2) is 9.37 Å². The molecular weight excluding hydrogens is 375 g/mol. The molecule has 1 aromatic carbocycles. The number of aromatic nitrogens is 1. The number of carbonyl (C=O) groups excluding carboxylic acids is 1. The largest absolute Gasteiger partial charge is 0.486 e. The first-order chi connectivity index (χ1) is 13.6. The maximum Gasteiger partial charge on any atom is 0.226 e. The molecule has 0 unspecified atom stereocenters. The quantitative estimate of drug-likeness (QED) is 0.785. The topological polar surface area (TPSA) is 51.2 Å². The number of hydrogen-bond acceptors (Lipinski definition) is 4. The van der Waals surface area contributed by atoms with E-state index in [2.05, 4.69) is 10.3 Å². The highest BCUT2D eigenvalue weighted by Crippen LogP contribution is 2.53. The molecule has 1 aromatic heterocycles. The molecule has 6 rings (SSSR count). The molecule has 0 spiro atoms. The maximum atomic E-state index is 12.9. The fourth-order valence-electron chi connectivity index (χ4n) is 5.73. The van der Waals surface area contributed by atoms with E-state index in [0.29, 0.717) is 36.7 Å². The highest BCUT2D eigenvalue weighted by molar-refractivity contribution is 7.09. The number of thiazole rings is 1.